The summed E-state index contributed by atoms with van der Waals surface area (Å²) >= 11 is 17.2. The maximum absolute atomic E-state index is 11.8. The van der Waals surface area contributed by atoms with Crippen LogP contribution in [0.1, 0.15) is 20.8 Å². The Balaban J connectivity index is 1.82. The molecular weight excluding hydrogens is 393 g/mol. The lowest BCUT2D eigenvalue weighted by Gasteiger charge is -2.08. The van der Waals surface area contributed by atoms with Gasteiger partial charge in [0.05, 0.1) is 5.02 Å². The van der Waals surface area contributed by atoms with E-state index in [9.17, 15) is 14.4 Å². The standard InChI is InChI=1S/C15H10Cl3N3O4/c16-9-3-1-8(2-4-9)14(23)21-20-12(22)7-25-15(24)13-10(17)5-6-11(18)19-13/h1-6H,7H2,(H,20,22)(H,21,23). The van der Waals surface area contributed by atoms with Crippen LogP contribution in [0.4, 0.5) is 0 Å². The topological polar surface area (TPSA) is 97.4 Å². The van der Waals surface area contributed by atoms with Crippen molar-refractivity contribution >= 4 is 52.6 Å². The highest BCUT2D eigenvalue weighted by atomic mass is 35.5. The lowest BCUT2D eigenvalue weighted by atomic mass is 10.2. The van der Waals surface area contributed by atoms with E-state index in [2.05, 4.69) is 15.8 Å². The average Bonchev–Trinajstić information content (AvgIpc) is 2.60. The molecule has 0 atom stereocenters. The predicted molar refractivity (Wildman–Crippen MR) is 91.6 cm³/mol. The van der Waals surface area contributed by atoms with Crippen molar-refractivity contribution < 1.29 is 19.1 Å². The van der Waals surface area contributed by atoms with Crippen LogP contribution in [0.3, 0.4) is 0 Å². The summed E-state index contributed by atoms with van der Waals surface area (Å²) in [6.07, 6.45) is 0. The minimum absolute atomic E-state index is 0.0332. The number of hydrazine groups is 1. The van der Waals surface area contributed by atoms with E-state index in [-0.39, 0.29) is 21.4 Å². The first kappa shape index (κ1) is 19.0. The van der Waals surface area contributed by atoms with Gasteiger partial charge in [0.25, 0.3) is 11.8 Å². The molecular formula is C15H10Cl3N3O4. The molecule has 0 saturated carbocycles. The number of carbonyl (C=O) groups is 3. The fourth-order valence-corrected chi connectivity index (χ4v) is 2.05. The van der Waals surface area contributed by atoms with Crippen LogP contribution in [-0.4, -0.2) is 29.4 Å². The van der Waals surface area contributed by atoms with Gasteiger partial charge >= 0.3 is 5.97 Å². The molecule has 0 aliphatic carbocycles. The van der Waals surface area contributed by atoms with E-state index in [4.69, 9.17) is 39.5 Å². The van der Waals surface area contributed by atoms with Crippen LogP contribution in [-0.2, 0) is 9.53 Å². The molecule has 1 aromatic heterocycles. The van der Waals surface area contributed by atoms with E-state index in [0.717, 1.165) is 0 Å². The highest BCUT2D eigenvalue weighted by molar-refractivity contribution is 6.34. The van der Waals surface area contributed by atoms with Gasteiger partial charge in [0.2, 0.25) is 0 Å². The molecule has 0 aliphatic heterocycles. The molecule has 0 spiro atoms. The number of nitrogens with one attached hydrogen (secondary N) is 2. The zero-order valence-corrected chi connectivity index (χ0v) is 14.7. The molecule has 2 rings (SSSR count). The van der Waals surface area contributed by atoms with E-state index in [1.165, 1.54) is 36.4 Å². The van der Waals surface area contributed by atoms with Crippen LogP contribution in [0.25, 0.3) is 0 Å². The quantitative estimate of drug-likeness (QED) is 0.465. The van der Waals surface area contributed by atoms with Gasteiger partial charge in [-0.15, -0.1) is 0 Å². The average molecular weight is 403 g/mol. The van der Waals surface area contributed by atoms with Crippen molar-refractivity contribution in [3.05, 3.63) is 62.9 Å². The molecule has 2 aromatic rings. The van der Waals surface area contributed by atoms with Gasteiger partial charge in [0, 0.05) is 10.6 Å². The number of hydrogen-bond acceptors (Lipinski definition) is 5. The highest BCUT2D eigenvalue weighted by Gasteiger charge is 2.16. The largest absolute Gasteiger partial charge is 0.451 e. The van der Waals surface area contributed by atoms with Gasteiger partial charge in [0.1, 0.15) is 5.15 Å². The lowest BCUT2D eigenvalue weighted by Crippen LogP contribution is -2.43. The third-order valence-corrected chi connectivity index (χ3v) is 3.53. The second kappa shape index (κ2) is 8.66. The van der Waals surface area contributed by atoms with Gasteiger partial charge in [-0.05, 0) is 36.4 Å². The maximum atomic E-state index is 11.8. The van der Waals surface area contributed by atoms with E-state index in [1.807, 2.05) is 0 Å². The minimum Gasteiger partial charge on any atom is -0.451 e. The summed E-state index contributed by atoms with van der Waals surface area (Å²) in [5, 5.41) is 0.558. The summed E-state index contributed by atoms with van der Waals surface area (Å²) in [6.45, 7) is -0.649. The van der Waals surface area contributed by atoms with Crippen molar-refractivity contribution in [3.63, 3.8) is 0 Å². The molecule has 0 fully saturated rings. The van der Waals surface area contributed by atoms with Crippen molar-refractivity contribution in [3.8, 4) is 0 Å². The van der Waals surface area contributed by atoms with Crippen LogP contribution in [0.5, 0.6) is 0 Å². The van der Waals surface area contributed by atoms with Crippen molar-refractivity contribution in [1.82, 2.24) is 15.8 Å². The van der Waals surface area contributed by atoms with Crippen molar-refractivity contribution in [2.45, 2.75) is 0 Å². The number of benzene rings is 1. The van der Waals surface area contributed by atoms with E-state index in [1.54, 1.807) is 0 Å². The Morgan fingerprint density at radius 1 is 0.960 bits per heavy atom. The van der Waals surface area contributed by atoms with E-state index in [0.29, 0.717) is 5.02 Å². The third kappa shape index (κ3) is 5.60. The first-order valence-corrected chi connectivity index (χ1v) is 7.84. The Hall–Kier alpha value is -2.35. The molecule has 130 valence electrons. The Morgan fingerprint density at radius 3 is 2.32 bits per heavy atom. The molecule has 10 heteroatoms. The first-order valence-electron chi connectivity index (χ1n) is 6.70. The van der Waals surface area contributed by atoms with E-state index >= 15 is 0 Å². The summed E-state index contributed by atoms with van der Waals surface area (Å²) in [5.41, 5.74) is 4.34. The monoisotopic (exact) mass is 401 g/mol. The molecule has 0 bridgehead atoms. The van der Waals surface area contributed by atoms with Gasteiger partial charge in [-0.25, -0.2) is 9.78 Å². The maximum Gasteiger partial charge on any atom is 0.359 e. The van der Waals surface area contributed by atoms with Crippen LogP contribution < -0.4 is 10.9 Å². The summed E-state index contributed by atoms with van der Waals surface area (Å²) in [6, 6.07) is 8.80. The number of halogens is 3. The number of amides is 2. The van der Waals surface area contributed by atoms with Crippen molar-refractivity contribution in [1.29, 1.82) is 0 Å². The molecule has 25 heavy (non-hydrogen) atoms. The number of esters is 1. The Labute approximate surface area is 157 Å². The van der Waals surface area contributed by atoms with Crippen molar-refractivity contribution in [2.75, 3.05) is 6.61 Å². The Bertz CT molecular complexity index is 812. The van der Waals surface area contributed by atoms with Gasteiger partial charge in [0.15, 0.2) is 12.3 Å². The zero-order valence-electron chi connectivity index (χ0n) is 12.4. The minimum atomic E-state index is -0.924. The number of pyridine rings is 1. The Kier molecular flexibility index (Phi) is 6.58. The van der Waals surface area contributed by atoms with Crippen LogP contribution in [0, 0.1) is 0 Å². The van der Waals surface area contributed by atoms with Crippen LogP contribution in [0.15, 0.2) is 36.4 Å². The van der Waals surface area contributed by atoms with Gasteiger partial charge in [-0.3, -0.25) is 20.4 Å². The SMILES string of the molecule is O=C(COC(=O)c1nc(Cl)ccc1Cl)NNC(=O)c1ccc(Cl)cc1. The molecule has 2 N–H and O–H groups in total. The highest BCUT2D eigenvalue weighted by Crippen LogP contribution is 2.17. The second-order valence-corrected chi connectivity index (χ2v) is 5.78. The summed E-state index contributed by atoms with van der Waals surface area (Å²) in [7, 11) is 0. The molecule has 1 aromatic carbocycles. The summed E-state index contributed by atoms with van der Waals surface area (Å²) in [4.78, 5) is 38.9. The number of carbonyl (C=O) groups excluding carboxylic acids is 3. The number of aromatic nitrogens is 1. The molecule has 0 saturated heterocycles. The lowest BCUT2D eigenvalue weighted by molar-refractivity contribution is -0.125. The van der Waals surface area contributed by atoms with Crippen LogP contribution in [0.2, 0.25) is 15.2 Å². The molecule has 2 amide bonds. The smallest absolute Gasteiger partial charge is 0.359 e. The fourth-order valence-electron chi connectivity index (χ4n) is 1.60. The number of ether oxygens (including phenoxy) is 1. The van der Waals surface area contributed by atoms with Crippen molar-refractivity contribution in [2.24, 2.45) is 0 Å². The molecule has 1 heterocycles. The summed E-state index contributed by atoms with van der Waals surface area (Å²) in [5.74, 6) is -2.24. The molecule has 0 aliphatic rings. The molecule has 7 nitrogen and oxygen atoms in total. The molecule has 0 radical (unpaired) electrons. The normalized spacial score (nSPS) is 10.0. The number of rotatable bonds is 4. The number of hydrogen-bond donors (Lipinski definition) is 2. The Morgan fingerprint density at radius 2 is 1.64 bits per heavy atom. The summed E-state index contributed by atoms with van der Waals surface area (Å²) < 4.78 is 4.75. The second-order valence-electron chi connectivity index (χ2n) is 4.55. The molecule has 0 unspecified atom stereocenters. The fraction of sp³-hybridized carbons (Fsp3) is 0.0667. The van der Waals surface area contributed by atoms with Crippen LogP contribution >= 0.6 is 34.8 Å². The first-order chi connectivity index (χ1) is 11.9. The zero-order chi connectivity index (χ0) is 18.4. The van der Waals surface area contributed by atoms with Gasteiger partial charge in [-0.2, -0.15) is 0 Å². The predicted octanol–water partition coefficient (Wildman–Crippen LogP) is 2.66. The number of nitrogens with zero attached hydrogens (tertiary/aromatic N) is 1. The third-order valence-electron chi connectivity index (χ3n) is 2.76. The van der Waals surface area contributed by atoms with Gasteiger partial charge < -0.3 is 4.74 Å². The van der Waals surface area contributed by atoms with Gasteiger partial charge in [-0.1, -0.05) is 34.8 Å². The van der Waals surface area contributed by atoms with E-state index < -0.39 is 24.4 Å².